The number of amides is 2. The van der Waals surface area contributed by atoms with Crippen molar-refractivity contribution in [1.82, 2.24) is 10.2 Å². The van der Waals surface area contributed by atoms with Crippen LogP contribution in [0.1, 0.15) is 31.2 Å². The van der Waals surface area contributed by atoms with Crippen LogP contribution in [0.15, 0.2) is 48.5 Å². The van der Waals surface area contributed by atoms with E-state index >= 15 is 0 Å². The van der Waals surface area contributed by atoms with Gasteiger partial charge in [-0.05, 0) is 85.9 Å². The first-order chi connectivity index (χ1) is 14.6. The van der Waals surface area contributed by atoms with E-state index in [4.69, 9.17) is 0 Å². The van der Waals surface area contributed by atoms with E-state index < -0.39 is 0 Å². The van der Waals surface area contributed by atoms with E-state index in [0.29, 0.717) is 24.2 Å². The number of hydrogen-bond acceptors (Lipinski definition) is 2. The van der Waals surface area contributed by atoms with Gasteiger partial charge in [-0.3, -0.25) is 4.90 Å². The van der Waals surface area contributed by atoms with Crippen LogP contribution in [-0.4, -0.2) is 36.6 Å². The Morgan fingerprint density at radius 1 is 1.00 bits per heavy atom. The summed E-state index contributed by atoms with van der Waals surface area (Å²) in [5.74, 6) is 0.865. The number of urea groups is 1. The van der Waals surface area contributed by atoms with Crippen molar-refractivity contribution in [1.29, 1.82) is 0 Å². The van der Waals surface area contributed by atoms with Gasteiger partial charge in [-0.15, -0.1) is 12.4 Å². The SMILES string of the molecule is Cl.O=C(NCCCN1C[C@@H]2CC[C@@H]1[C@H](Cc1ccc(F)cc1)C2)Nc1ccc(F)cc1. The van der Waals surface area contributed by atoms with Gasteiger partial charge in [0.1, 0.15) is 11.6 Å². The lowest BCUT2D eigenvalue weighted by Gasteiger charge is -2.50. The van der Waals surface area contributed by atoms with E-state index in [9.17, 15) is 13.6 Å². The largest absolute Gasteiger partial charge is 0.338 e. The van der Waals surface area contributed by atoms with Crippen molar-refractivity contribution < 1.29 is 13.6 Å². The van der Waals surface area contributed by atoms with E-state index in [1.54, 1.807) is 24.3 Å². The summed E-state index contributed by atoms with van der Waals surface area (Å²) in [4.78, 5) is 14.6. The second-order valence-corrected chi connectivity index (χ2v) is 8.57. The molecule has 31 heavy (non-hydrogen) atoms. The van der Waals surface area contributed by atoms with Gasteiger partial charge >= 0.3 is 6.03 Å². The Labute approximate surface area is 188 Å². The normalized spacial score (nSPS) is 22.6. The van der Waals surface area contributed by atoms with Crippen molar-refractivity contribution >= 4 is 24.1 Å². The van der Waals surface area contributed by atoms with E-state index in [1.807, 2.05) is 12.1 Å². The maximum atomic E-state index is 13.2. The monoisotopic (exact) mass is 449 g/mol. The Kier molecular flexibility index (Phi) is 8.27. The number of benzene rings is 2. The number of carbonyl (C=O) groups excluding carboxylic acids is 1. The standard InChI is InChI=1S/C24H29F2N3O.ClH/c25-20-5-2-17(3-6-20)14-19-15-18-4-11-23(19)29(16-18)13-1-12-27-24(30)28-22-9-7-21(26)8-10-22;/h2-3,5-10,18-19,23H,1,4,11-16H2,(H2,27,28,30);1H/t18-,19-,23-;/m1./s1. The molecule has 3 atom stereocenters. The highest BCUT2D eigenvalue weighted by Crippen LogP contribution is 2.40. The van der Waals surface area contributed by atoms with Crippen LogP contribution in [0.3, 0.4) is 0 Å². The van der Waals surface area contributed by atoms with Gasteiger partial charge in [-0.1, -0.05) is 12.1 Å². The summed E-state index contributed by atoms with van der Waals surface area (Å²) in [5.41, 5.74) is 1.79. The fourth-order valence-electron chi connectivity index (χ4n) is 5.05. The number of nitrogens with zero attached hydrogens (tertiary/aromatic N) is 1. The first-order valence-corrected chi connectivity index (χ1v) is 10.9. The second kappa shape index (κ2) is 10.9. The number of anilines is 1. The minimum atomic E-state index is -0.325. The van der Waals surface area contributed by atoms with Crippen LogP contribution in [0.4, 0.5) is 19.3 Å². The molecular formula is C24H30ClF2N3O. The van der Waals surface area contributed by atoms with Crippen LogP contribution in [0.25, 0.3) is 0 Å². The highest BCUT2D eigenvalue weighted by molar-refractivity contribution is 5.89. The molecule has 168 valence electrons. The molecule has 2 amide bonds. The predicted octanol–water partition coefficient (Wildman–Crippen LogP) is 5.24. The Morgan fingerprint density at radius 2 is 1.68 bits per heavy atom. The fourth-order valence-corrected chi connectivity index (χ4v) is 5.05. The molecule has 2 bridgehead atoms. The molecule has 2 heterocycles. The van der Waals surface area contributed by atoms with Crippen molar-refractivity contribution in [3.63, 3.8) is 0 Å². The lowest BCUT2D eigenvalue weighted by molar-refractivity contribution is 0.000976. The van der Waals surface area contributed by atoms with Crippen LogP contribution in [-0.2, 0) is 6.42 Å². The molecule has 0 spiro atoms. The predicted molar refractivity (Wildman–Crippen MR) is 122 cm³/mol. The summed E-state index contributed by atoms with van der Waals surface area (Å²) in [6.45, 7) is 2.72. The average Bonchev–Trinajstić information content (AvgIpc) is 2.75. The Hall–Kier alpha value is -2.18. The van der Waals surface area contributed by atoms with Crippen LogP contribution < -0.4 is 10.6 Å². The van der Waals surface area contributed by atoms with Crippen molar-refractivity contribution in [2.75, 3.05) is 25.0 Å². The quantitative estimate of drug-likeness (QED) is 0.567. The van der Waals surface area contributed by atoms with Gasteiger partial charge in [0.25, 0.3) is 0 Å². The van der Waals surface area contributed by atoms with E-state index in [2.05, 4.69) is 15.5 Å². The number of halogens is 3. The van der Waals surface area contributed by atoms with Crippen LogP contribution in [0, 0.1) is 23.5 Å². The van der Waals surface area contributed by atoms with Crippen molar-refractivity contribution in [2.24, 2.45) is 11.8 Å². The topological polar surface area (TPSA) is 44.4 Å². The van der Waals surface area contributed by atoms with Gasteiger partial charge in [0, 0.05) is 31.4 Å². The zero-order valence-corrected chi connectivity index (χ0v) is 18.3. The van der Waals surface area contributed by atoms with Crippen LogP contribution in [0.2, 0.25) is 0 Å². The van der Waals surface area contributed by atoms with E-state index in [1.165, 1.54) is 37.0 Å². The third kappa shape index (κ3) is 6.40. The molecule has 0 aromatic heterocycles. The molecule has 2 N–H and O–H groups in total. The van der Waals surface area contributed by atoms with Gasteiger partial charge in [0.05, 0.1) is 0 Å². The molecule has 5 rings (SSSR count). The highest BCUT2D eigenvalue weighted by atomic mass is 35.5. The van der Waals surface area contributed by atoms with E-state index in [-0.39, 0.29) is 30.1 Å². The number of carbonyl (C=O) groups is 1. The first kappa shape index (κ1) is 23.5. The number of fused-ring (bicyclic) bond motifs is 3. The summed E-state index contributed by atoms with van der Waals surface area (Å²) in [6.07, 6.45) is 5.70. The second-order valence-electron chi connectivity index (χ2n) is 8.57. The molecule has 7 heteroatoms. The number of piperidine rings is 2. The number of nitrogens with one attached hydrogen (secondary N) is 2. The Morgan fingerprint density at radius 3 is 2.35 bits per heavy atom. The highest BCUT2D eigenvalue weighted by Gasteiger charge is 2.40. The fraction of sp³-hybridized carbons (Fsp3) is 0.458. The molecule has 0 unspecified atom stereocenters. The molecule has 0 radical (unpaired) electrons. The minimum Gasteiger partial charge on any atom is -0.338 e. The number of rotatable bonds is 7. The zero-order chi connectivity index (χ0) is 20.9. The first-order valence-electron chi connectivity index (χ1n) is 10.9. The van der Waals surface area contributed by atoms with Gasteiger partial charge in [-0.25, -0.2) is 13.6 Å². The summed E-state index contributed by atoms with van der Waals surface area (Å²) >= 11 is 0. The summed E-state index contributed by atoms with van der Waals surface area (Å²) < 4.78 is 26.1. The molecule has 1 aliphatic carbocycles. The molecule has 2 aromatic carbocycles. The molecule has 4 nitrogen and oxygen atoms in total. The van der Waals surface area contributed by atoms with Gasteiger partial charge in [0.15, 0.2) is 0 Å². The van der Waals surface area contributed by atoms with Crippen molar-refractivity contribution in [2.45, 2.75) is 38.1 Å². The Balaban J connectivity index is 0.00000272. The van der Waals surface area contributed by atoms with Crippen LogP contribution >= 0.6 is 12.4 Å². The average molecular weight is 450 g/mol. The van der Waals surface area contributed by atoms with E-state index in [0.717, 1.165) is 31.8 Å². The lowest BCUT2D eigenvalue weighted by atomic mass is 9.70. The van der Waals surface area contributed by atoms with Gasteiger partial charge in [0.2, 0.25) is 0 Å². The summed E-state index contributed by atoms with van der Waals surface area (Å²) in [5, 5.41) is 5.60. The Bertz CT molecular complexity index is 847. The van der Waals surface area contributed by atoms with Gasteiger partial charge < -0.3 is 10.6 Å². The third-order valence-electron chi connectivity index (χ3n) is 6.43. The van der Waals surface area contributed by atoms with Crippen molar-refractivity contribution in [3.8, 4) is 0 Å². The maximum absolute atomic E-state index is 13.2. The van der Waals surface area contributed by atoms with Gasteiger partial charge in [-0.2, -0.15) is 0 Å². The molecule has 1 saturated carbocycles. The van der Waals surface area contributed by atoms with Crippen LogP contribution in [0.5, 0.6) is 0 Å². The molecule has 3 fully saturated rings. The zero-order valence-electron chi connectivity index (χ0n) is 17.5. The summed E-state index contributed by atoms with van der Waals surface area (Å²) in [7, 11) is 0. The molecule has 2 saturated heterocycles. The van der Waals surface area contributed by atoms with Crippen molar-refractivity contribution in [3.05, 3.63) is 65.7 Å². The third-order valence-corrected chi connectivity index (χ3v) is 6.43. The molecule has 2 aliphatic heterocycles. The minimum absolute atomic E-state index is 0. The molecule has 2 aromatic rings. The summed E-state index contributed by atoms with van der Waals surface area (Å²) in [6, 6.07) is 13.0. The number of hydrogen-bond donors (Lipinski definition) is 2. The molecule has 3 aliphatic rings. The molecular weight excluding hydrogens is 420 g/mol. The lowest BCUT2D eigenvalue weighted by Crippen LogP contribution is -2.54. The maximum Gasteiger partial charge on any atom is 0.319 e. The smallest absolute Gasteiger partial charge is 0.319 e.